The fourth-order valence-electron chi connectivity index (χ4n) is 2.15. The molecule has 0 bridgehead atoms. The van der Waals surface area contributed by atoms with Crippen LogP contribution in [0.25, 0.3) is 0 Å². The largest absolute Gasteiger partial charge is 0.325 e. The monoisotopic (exact) mass is 284 g/mol. The van der Waals surface area contributed by atoms with Crippen LogP contribution in [0.4, 0.5) is 0 Å². The fraction of sp³-hybridized carbons (Fsp3) is 0.786. The number of thiazole rings is 1. The van der Waals surface area contributed by atoms with E-state index in [4.69, 9.17) is 5.73 Å². The van der Waals surface area contributed by atoms with Crippen molar-refractivity contribution in [3.8, 4) is 0 Å². The van der Waals surface area contributed by atoms with Crippen LogP contribution >= 0.6 is 11.3 Å². The van der Waals surface area contributed by atoms with Gasteiger partial charge in [-0.15, -0.1) is 11.3 Å². The lowest BCUT2D eigenvalue weighted by molar-refractivity contribution is 0.237. The molecular formula is C14H28N4S. The third-order valence-corrected chi connectivity index (χ3v) is 4.37. The number of hydrogen-bond acceptors (Lipinski definition) is 5. The van der Waals surface area contributed by atoms with Gasteiger partial charge < -0.3 is 10.6 Å². The molecule has 0 unspecified atom stereocenters. The molecule has 0 aliphatic heterocycles. The average molecular weight is 284 g/mol. The van der Waals surface area contributed by atoms with E-state index in [1.54, 1.807) is 11.3 Å². The SMILES string of the molecule is CCN(CC)CCCN(CC)Cc1csc(CN)n1. The molecule has 110 valence electrons. The van der Waals surface area contributed by atoms with Gasteiger partial charge in [0.2, 0.25) is 0 Å². The summed E-state index contributed by atoms with van der Waals surface area (Å²) in [5, 5.41) is 3.17. The third kappa shape index (κ3) is 5.99. The number of hydrogen-bond donors (Lipinski definition) is 1. The number of aromatic nitrogens is 1. The van der Waals surface area contributed by atoms with Crippen molar-refractivity contribution in [3.63, 3.8) is 0 Å². The molecule has 2 N–H and O–H groups in total. The van der Waals surface area contributed by atoms with Gasteiger partial charge in [0.15, 0.2) is 0 Å². The minimum absolute atomic E-state index is 0.554. The highest BCUT2D eigenvalue weighted by Crippen LogP contribution is 2.11. The molecular weight excluding hydrogens is 256 g/mol. The second-order valence-electron chi connectivity index (χ2n) is 4.69. The van der Waals surface area contributed by atoms with E-state index in [0.29, 0.717) is 6.54 Å². The minimum Gasteiger partial charge on any atom is -0.325 e. The fourth-order valence-corrected chi connectivity index (χ4v) is 2.82. The minimum atomic E-state index is 0.554. The highest BCUT2D eigenvalue weighted by atomic mass is 32.1. The maximum atomic E-state index is 5.60. The zero-order valence-corrected chi connectivity index (χ0v) is 13.4. The first-order valence-corrected chi connectivity index (χ1v) is 8.19. The molecule has 1 rings (SSSR count). The van der Waals surface area contributed by atoms with Crippen molar-refractivity contribution in [1.82, 2.24) is 14.8 Å². The third-order valence-electron chi connectivity index (χ3n) is 3.45. The van der Waals surface area contributed by atoms with Gasteiger partial charge in [0.25, 0.3) is 0 Å². The summed E-state index contributed by atoms with van der Waals surface area (Å²) in [6, 6.07) is 0. The lowest BCUT2D eigenvalue weighted by Crippen LogP contribution is -2.29. The Morgan fingerprint density at radius 1 is 1.11 bits per heavy atom. The first-order valence-electron chi connectivity index (χ1n) is 7.31. The van der Waals surface area contributed by atoms with Crippen molar-refractivity contribution in [1.29, 1.82) is 0 Å². The Morgan fingerprint density at radius 2 is 1.74 bits per heavy atom. The molecule has 0 radical (unpaired) electrons. The molecule has 0 amide bonds. The summed E-state index contributed by atoms with van der Waals surface area (Å²) in [6.45, 7) is 13.9. The molecule has 0 spiro atoms. The van der Waals surface area contributed by atoms with Gasteiger partial charge in [-0.05, 0) is 39.1 Å². The van der Waals surface area contributed by atoms with Gasteiger partial charge in [0.1, 0.15) is 5.01 Å². The second kappa shape index (κ2) is 9.42. The molecule has 0 fully saturated rings. The summed E-state index contributed by atoms with van der Waals surface area (Å²) in [7, 11) is 0. The zero-order valence-electron chi connectivity index (χ0n) is 12.6. The molecule has 0 aliphatic rings. The summed E-state index contributed by atoms with van der Waals surface area (Å²) >= 11 is 1.67. The van der Waals surface area contributed by atoms with Gasteiger partial charge in [-0.1, -0.05) is 20.8 Å². The Labute approximate surface area is 121 Å². The van der Waals surface area contributed by atoms with Crippen LogP contribution in [-0.4, -0.2) is 47.5 Å². The first kappa shape index (κ1) is 16.6. The van der Waals surface area contributed by atoms with Crippen LogP contribution in [0.2, 0.25) is 0 Å². The average Bonchev–Trinajstić information content (AvgIpc) is 2.90. The molecule has 4 nitrogen and oxygen atoms in total. The van der Waals surface area contributed by atoms with Gasteiger partial charge in [0.05, 0.1) is 5.69 Å². The van der Waals surface area contributed by atoms with Gasteiger partial charge in [-0.2, -0.15) is 0 Å². The van der Waals surface area contributed by atoms with Crippen molar-refractivity contribution in [2.24, 2.45) is 5.73 Å². The van der Waals surface area contributed by atoms with Crippen molar-refractivity contribution < 1.29 is 0 Å². The topological polar surface area (TPSA) is 45.4 Å². The maximum absolute atomic E-state index is 5.60. The van der Waals surface area contributed by atoms with Crippen LogP contribution in [0.1, 0.15) is 37.9 Å². The summed E-state index contributed by atoms with van der Waals surface area (Å²) in [5.41, 5.74) is 6.76. The summed E-state index contributed by atoms with van der Waals surface area (Å²) in [4.78, 5) is 9.47. The Hall–Kier alpha value is -0.490. The molecule has 0 aromatic carbocycles. The van der Waals surface area contributed by atoms with Crippen molar-refractivity contribution in [2.45, 2.75) is 40.3 Å². The Kier molecular flexibility index (Phi) is 8.21. The van der Waals surface area contributed by atoms with Crippen LogP contribution in [0.15, 0.2) is 5.38 Å². The molecule has 19 heavy (non-hydrogen) atoms. The number of nitrogens with two attached hydrogens (primary N) is 1. The van der Waals surface area contributed by atoms with Gasteiger partial charge in [0, 0.05) is 18.5 Å². The van der Waals surface area contributed by atoms with Crippen LogP contribution < -0.4 is 5.73 Å². The second-order valence-corrected chi connectivity index (χ2v) is 5.63. The molecule has 0 saturated carbocycles. The molecule has 1 aromatic rings. The Balaban J connectivity index is 2.33. The summed E-state index contributed by atoms with van der Waals surface area (Å²) < 4.78 is 0. The highest BCUT2D eigenvalue weighted by molar-refractivity contribution is 7.09. The van der Waals surface area contributed by atoms with Crippen molar-refractivity contribution in [2.75, 3.05) is 32.7 Å². The van der Waals surface area contributed by atoms with E-state index in [2.05, 4.69) is 40.9 Å². The Bertz CT molecular complexity index is 336. The van der Waals surface area contributed by atoms with Crippen LogP contribution in [-0.2, 0) is 13.1 Å². The van der Waals surface area contributed by atoms with E-state index in [1.165, 1.54) is 13.0 Å². The molecule has 1 heterocycles. The van der Waals surface area contributed by atoms with Gasteiger partial charge >= 0.3 is 0 Å². The number of rotatable bonds is 10. The quantitative estimate of drug-likeness (QED) is 0.715. The van der Waals surface area contributed by atoms with E-state index in [1.807, 2.05) is 0 Å². The van der Waals surface area contributed by atoms with Gasteiger partial charge in [-0.3, -0.25) is 4.90 Å². The van der Waals surface area contributed by atoms with E-state index in [9.17, 15) is 0 Å². The molecule has 0 atom stereocenters. The highest BCUT2D eigenvalue weighted by Gasteiger charge is 2.07. The smallest absolute Gasteiger partial charge is 0.106 e. The standard InChI is InChI=1S/C14H28N4S/c1-4-17(5-2)8-7-9-18(6-3)11-13-12-19-14(10-15)16-13/h12H,4-11,15H2,1-3H3. The lowest BCUT2D eigenvalue weighted by atomic mass is 10.3. The Morgan fingerprint density at radius 3 is 2.26 bits per heavy atom. The number of nitrogens with zero attached hydrogens (tertiary/aromatic N) is 3. The first-order chi connectivity index (χ1) is 9.23. The maximum Gasteiger partial charge on any atom is 0.106 e. The van der Waals surface area contributed by atoms with Crippen LogP contribution in [0, 0.1) is 0 Å². The summed E-state index contributed by atoms with van der Waals surface area (Å²) in [5.74, 6) is 0. The van der Waals surface area contributed by atoms with E-state index in [-0.39, 0.29) is 0 Å². The van der Waals surface area contributed by atoms with E-state index in [0.717, 1.165) is 43.4 Å². The van der Waals surface area contributed by atoms with E-state index < -0.39 is 0 Å². The predicted octanol–water partition coefficient (Wildman–Crippen LogP) is 2.16. The molecule has 5 heteroatoms. The van der Waals surface area contributed by atoms with Crippen molar-refractivity contribution in [3.05, 3.63) is 16.1 Å². The van der Waals surface area contributed by atoms with Crippen molar-refractivity contribution >= 4 is 11.3 Å². The van der Waals surface area contributed by atoms with Crippen LogP contribution in [0.3, 0.4) is 0 Å². The zero-order chi connectivity index (χ0) is 14.1. The molecule has 0 saturated heterocycles. The lowest BCUT2D eigenvalue weighted by Gasteiger charge is -2.22. The summed E-state index contributed by atoms with van der Waals surface area (Å²) in [6.07, 6.45) is 1.23. The van der Waals surface area contributed by atoms with Gasteiger partial charge in [-0.25, -0.2) is 4.98 Å². The molecule has 1 aromatic heterocycles. The van der Waals surface area contributed by atoms with E-state index >= 15 is 0 Å². The molecule has 0 aliphatic carbocycles. The normalized spacial score (nSPS) is 11.7. The van der Waals surface area contributed by atoms with Crippen LogP contribution in [0.5, 0.6) is 0 Å². The predicted molar refractivity (Wildman–Crippen MR) is 83.4 cm³/mol.